The molecule has 4 bridgehead atoms. The lowest BCUT2D eigenvalue weighted by atomic mass is 9.58. The van der Waals surface area contributed by atoms with E-state index in [1.165, 1.54) is 25.7 Å². The van der Waals surface area contributed by atoms with Gasteiger partial charge >= 0.3 is 5.97 Å². The third-order valence-corrected chi connectivity index (χ3v) is 5.56. The van der Waals surface area contributed by atoms with E-state index in [-0.39, 0.29) is 11.4 Å². The van der Waals surface area contributed by atoms with Gasteiger partial charge in [-0.15, -0.1) is 0 Å². The number of hydrogen-bond acceptors (Lipinski definition) is 3. The third-order valence-electron chi connectivity index (χ3n) is 5.56. The number of ether oxygens (including phenoxy) is 1. The molecule has 3 nitrogen and oxygen atoms in total. The van der Waals surface area contributed by atoms with Gasteiger partial charge in [-0.25, -0.2) is 0 Å². The molecule has 0 saturated heterocycles. The van der Waals surface area contributed by atoms with Gasteiger partial charge in [0.15, 0.2) is 0 Å². The fraction of sp³-hybridized carbons (Fsp3) is 0.938. The first-order valence-corrected chi connectivity index (χ1v) is 7.89. The van der Waals surface area contributed by atoms with E-state index in [4.69, 9.17) is 4.74 Å². The quantitative estimate of drug-likeness (QED) is 0.732. The second-order valence-corrected chi connectivity index (χ2v) is 7.48. The predicted molar refractivity (Wildman–Crippen MR) is 74.7 cm³/mol. The van der Waals surface area contributed by atoms with E-state index in [9.17, 15) is 4.79 Å². The number of nitrogens with zero attached hydrogens (tertiary/aromatic N) is 1. The summed E-state index contributed by atoms with van der Waals surface area (Å²) in [6, 6.07) is 0. The second-order valence-electron chi connectivity index (χ2n) is 7.48. The van der Waals surface area contributed by atoms with Crippen LogP contribution >= 0.6 is 0 Å². The normalized spacial score (nSPS) is 40.5. The molecule has 0 N–H and O–H groups in total. The summed E-state index contributed by atoms with van der Waals surface area (Å²) in [5, 5.41) is 0. The Morgan fingerprint density at radius 2 is 1.68 bits per heavy atom. The van der Waals surface area contributed by atoms with Gasteiger partial charge < -0.3 is 9.64 Å². The van der Waals surface area contributed by atoms with Crippen LogP contribution in [0, 0.1) is 23.2 Å². The van der Waals surface area contributed by atoms with Crippen molar-refractivity contribution in [1.29, 1.82) is 0 Å². The van der Waals surface area contributed by atoms with Crippen molar-refractivity contribution < 1.29 is 9.53 Å². The van der Waals surface area contributed by atoms with Gasteiger partial charge in [0, 0.05) is 6.54 Å². The summed E-state index contributed by atoms with van der Waals surface area (Å²) in [5.41, 5.74) is -0.0979. The van der Waals surface area contributed by atoms with Crippen LogP contribution in [0.25, 0.3) is 0 Å². The third kappa shape index (κ3) is 2.67. The van der Waals surface area contributed by atoms with Crippen molar-refractivity contribution in [3.8, 4) is 0 Å². The Balaban J connectivity index is 1.67. The number of esters is 1. The van der Waals surface area contributed by atoms with Gasteiger partial charge in [0.05, 0.1) is 5.41 Å². The molecule has 0 radical (unpaired) electrons. The molecule has 4 aliphatic carbocycles. The minimum absolute atomic E-state index is 0.0979. The van der Waals surface area contributed by atoms with E-state index >= 15 is 0 Å². The molecule has 2 unspecified atom stereocenters. The highest BCUT2D eigenvalue weighted by atomic mass is 16.5. The summed E-state index contributed by atoms with van der Waals surface area (Å²) in [6.07, 6.45) is 8.80. The fourth-order valence-corrected chi connectivity index (χ4v) is 4.92. The van der Waals surface area contributed by atoms with Crippen molar-refractivity contribution in [2.75, 3.05) is 27.2 Å². The van der Waals surface area contributed by atoms with Gasteiger partial charge in [-0.05, 0) is 64.0 Å². The van der Waals surface area contributed by atoms with Gasteiger partial charge in [0.2, 0.25) is 0 Å². The number of carbonyl (C=O) groups is 1. The van der Waals surface area contributed by atoms with Gasteiger partial charge in [0.1, 0.15) is 6.61 Å². The smallest absolute Gasteiger partial charge is 0.312 e. The first-order valence-electron chi connectivity index (χ1n) is 7.89. The molecule has 19 heavy (non-hydrogen) atoms. The van der Waals surface area contributed by atoms with E-state index in [0.29, 0.717) is 6.61 Å². The van der Waals surface area contributed by atoms with E-state index < -0.39 is 0 Å². The highest BCUT2D eigenvalue weighted by Gasteiger charge is 2.53. The number of likely N-dealkylation sites (N-methyl/N-ethyl adjacent to an activating group) is 1. The maximum absolute atomic E-state index is 12.6. The molecule has 0 spiro atoms. The molecule has 4 saturated carbocycles. The molecule has 4 rings (SSSR count). The minimum Gasteiger partial charge on any atom is -0.464 e. The average molecular weight is 265 g/mol. The summed E-state index contributed by atoms with van der Waals surface area (Å²) in [5.74, 6) is 2.53. The lowest BCUT2D eigenvalue weighted by Crippen LogP contribution is -2.44. The van der Waals surface area contributed by atoms with E-state index in [0.717, 1.165) is 43.6 Å². The van der Waals surface area contributed by atoms with Crippen LogP contribution in [0.5, 0.6) is 0 Å². The zero-order valence-electron chi connectivity index (χ0n) is 12.4. The summed E-state index contributed by atoms with van der Waals surface area (Å²) in [7, 11) is 4.03. The SMILES string of the molecule is CN(C)CCOC(=O)C12CC3C[C@@H](CC[C@@H](C3)C1)C2. The van der Waals surface area contributed by atoms with Crippen LogP contribution in [0.1, 0.15) is 44.9 Å². The minimum atomic E-state index is -0.0979. The van der Waals surface area contributed by atoms with Gasteiger partial charge in [-0.3, -0.25) is 4.79 Å². The Morgan fingerprint density at radius 3 is 2.26 bits per heavy atom. The molecule has 0 heterocycles. The van der Waals surface area contributed by atoms with Crippen molar-refractivity contribution in [2.24, 2.45) is 23.2 Å². The highest BCUT2D eigenvalue weighted by molar-refractivity contribution is 5.77. The van der Waals surface area contributed by atoms with E-state index in [2.05, 4.69) is 4.90 Å². The standard InChI is InChI=1S/C16H27NO2/c1-17(2)5-6-19-15(18)16-9-12-3-4-13(10-16)8-14(7-12)11-16/h12-14H,3-11H2,1-2H3/t12-,13+,14?,16?. The van der Waals surface area contributed by atoms with Crippen LogP contribution in [0.4, 0.5) is 0 Å². The summed E-state index contributed by atoms with van der Waals surface area (Å²) >= 11 is 0. The summed E-state index contributed by atoms with van der Waals surface area (Å²) in [6.45, 7) is 1.38. The Bertz CT molecular complexity index is 337. The lowest BCUT2D eigenvalue weighted by Gasteiger charge is -2.46. The largest absolute Gasteiger partial charge is 0.464 e. The molecular weight excluding hydrogens is 238 g/mol. The van der Waals surface area contributed by atoms with Crippen molar-refractivity contribution in [3.63, 3.8) is 0 Å². The molecule has 0 aromatic heterocycles. The number of rotatable bonds is 4. The topological polar surface area (TPSA) is 29.5 Å². The molecule has 0 aliphatic heterocycles. The maximum Gasteiger partial charge on any atom is 0.312 e. The van der Waals surface area contributed by atoms with Crippen LogP contribution in [-0.2, 0) is 9.53 Å². The summed E-state index contributed by atoms with van der Waals surface area (Å²) < 4.78 is 5.61. The van der Waals surface area contributed by atoms with Crippen molar-refractivity contribution in [1.82, 2.24) is 4.90 Å². The van der Waals surface area contributed by atoms with Gasteiger partial charge in [0.25, 0.3) is 0 Å². The Kier molecular flexibility index (Phi) is 3.59. The molecule has 4 fully saturated rings. The van der Waals surface area contributed by atoms with Crippen molar-refractivity contribution >= 4 is 5.97 Å². The monoisotopic (exact) mass is 265 g/mol. The van der Waals surface area contributed by atoms with Gasteiger partial charge in [-0.2, -0.15) is 0 Å². The maximum atomic E-state index is 12.6. The van der Waals surface area contributed by atoms with Crippen LogP contribution < -0.4 is 0 Å². The van der Waals surface area contributed by atoms with Crippen LogP contribution in [-0.4, -0.2) is 38.1 Å². The molecule has 4 aliphatic rings. The van der Waals surface area contributed by atoms with Crippen LogP contribution in [0.2, 0.25) is 0 Å². The molecule has 108 valence electrons. The average Bonchev–Trinajstić information content (AvgIpc) is 2.55. The molecule has 0 aromatic rings. The van der Waals surface area contributed by atoms with Gasteiger partial charge in [-0.1, -0.05) is 12.8 Å². The Labute approximate surface area is 116 Å². The first-order chi connectivity index (χ1) is 9.07. The zero-order chi connectivity index (χ0) is 13.5. The molecule has 4 atom stereocenters. The first kappa shape index (κ1) is 13.4. The lowest BCUT2D eigenvalue weighted by molar-refractivity contribution is -0.164. The molecular formula is C16H27NO2. The summed E-state index contributed by atoms with van der Waals surface area (Å²) in [4.78, 5) is 14.7. The molecule has 0 amide bonds. The number of hydrogen-bond donors (Lipinski definition) is 0. The van der Waals surface area contributed by atoms with E-state index in [1.54, 1.807) is 0 Å². The predicted octanol–water partition coefficient (Wildman–Crippen LogP) is 2.70. The van der Waals surface area contributed by atoms with Crippen LogP contribution in [0.3, 0.4) is 0 Å². The molecule has 0 aromatic carbocycles. The zero-order valence-corrected chi connectivity index (χ0v) is 12.4. The van der Waals surface area contributed by atoms with Crippen molar-refractivity contribution in [3.05, 3.63) is 0 Å². The fourth-order valence-electron chi connectivity index (χ4n) is 4.92. The highest BCUT2D eigenvalue weighted by Crippen LogP contribution is 2.58. The second kappa shape index (κ2) is 5.08. The Morgan fingerprint density at radius 1 is 1.11 bits per heavy atom. The number of fused-ring (bicyclic) bond motifs is 1. The van der Waals surface area contributed by atoms with E-state index in [1.807, 2.05) is 14.1 Å². The molecule has 3 heteroatoms. The number of carbonyl (C=O) groups excluding carboxylic acids is 1. The van der Waals surface area contributed by atoms with Crippen LogP contribution in [0.15, 0.2) is 0 Å². The Hall–Kier alpha value is -0.570. The van der Waals surface area contributed by atoms with Crippen molar-refractivity contribution in [2.45, 2.75) is 44.9 Å².